The average Bonchev–Trinajstić information content (AvgIpc) is 3.09. The zero-order valence-corrected chi connectivity index (χ0v) is 15.1. The molecule has 0 aliphatic carbocycles. The molecule has 0 atom stereocenters. The number of aromatic nitrogens is 2. The Labute approximate surface area is 153 Å². The Morgan fingerprint density at radius 3 is 2.69 bits per heavy atom. The maximum Gasteiger partial charge on any atom is 0.137 e. The van der Waals surface area contributed by atoms with Crippen LogP contribution in [0, 0.1) is 6.92 Å². The molecule has 5 heteroatoms. The zero-order valence-electron chi connectivity index (χ0n) is 15.1. The van der Waals surface area contributed by atoms with E-state index in [-0.39, 0.29) is 0 Å². The van der Waals surface area contributed by atoms with E-state index in [0.29, 0.717) is 19.3 Å². The second-order valence-corrected chi connectivity index (χ2v) is 6.63. The highest BCUT2D eigenvalue weighted by Crippen LogP contribution is 2.24. The number of benzene rings is 1. The third-order valence-electron chi connectivity index (χ3n) is 4.68. The Balaban J connectivity index is 1.35. The van der Waals surface area contributed by atoms with Crippen molar-refractivity contribution in [2.45, 2.75) is 25.9 Å². The van der Waals surface area contributed by atoms with Crippen LogP contribution in [0.15, 0.2) is 48.8 Å². The maximum atomic E-state index is 5.83. The van der Waals surface area contributed by atoms with Crippen LogP contribution >= 0.6 is 0 Å². The van der Waals surface area contributed by atoms with Crippen molar-refractivity contribution in [2.75, 3.05) is 26.4 Å². The molecule has 2 aromatic heterocycles. The van der Waals surface area contributed by atoms with Crippen LogP contribution in [0.3, 0.4) is 0 Å². The zero-order chi connectivity index (χ0) is 17.8. The first-order valence-corrected chi connectivity index (χ1v) is 9.16. The highest BCUT2D eigenvalue weighted by atomic mass is 16.5. The van der Waals surface area contributed by atoms with E-state index in [1.54, 1.807) is 0 Å². The SMILES string of the molecule is Cc1ccc2ncc(-c3ccc(OCCOC4CCOCC4)cc3)n2c1. The molecule has 0 radical (unpaired) electrons. The second-order valence-electron chi connectivity index (χ2n) is 6.63. The predicted octanol–water partition coefficient (Wildman–Crippen LogP) is 3.88. The van der Waals surface area contributed by atoms with E-state index in [0.717, 1.165) is 48.7 Å². The summed E-state index contributed by atoms with van der Waals surface area (Å²) >= 11 is 0. The van der Waals surface area contributed by atoms with E-state index < -0.39 is 0 Å². The Hall–Kier alpha value is -2.37. The molecule has 0 N–H and O–H groups in total. The molecule has 3 aromatic rings. The second kappa shape index (κ2) is 7.89. The van der Waals surface area contributed by atoms with Crippen molar-refractivity contribution in [3.05, 3.63) is 54.4 Å². The average molecular weight is 352 g/mol. The van der Waals surface area contributed by atoms with E-state index in [2.05, 4.69) is 40.7 Å². The molecule has 26 heavy (non-hydrogen) atoms. The normalized spacial score (nSPS) is 15.4. The lowest BCUT2D eigenvalue weighted by Crippen LogP contribution is -2.25. The van der Waals surface area contributed by atoms with E-state index >= 15 is 0 Å². The van der Waals surface area contributed by atoms with Gasteiger partial charge in [0, 0.05) is 25.0 Å². The first-order chi connectivity index (χ1) is 12.8. The van der Waals surface area contributed by atoms with Crippen LogP contribution in [0.4, 0.5) is 0 Å². The van der Waals surface area contributed by atoms with Gasteiger partial charge in [0.15, 0.2) is 0 Å². The monoisotopic (exact) mass is 352 g/mol. The highest BCUT2D eigenvalue weighted by Gasteiger charge is 2.13. The molecule has 1 fully saturated rings. The molecule has 1 saturated heterocycles. The van der Waals surface area contributed by atoms with Gasteiger partial charge in [0.05, 0.1) is 24.6 Å². The molecule has 0 amide bonds. The number of hydrogen-bond donors (Lipinski definition) is 0. The van der Waals surface area contributed by atoms with Crippen molar-refractivity contribution >= 4 is 5.65 Å². The van der Waals surface area contributed by atoms with E-state index in [1.807, 2.05) is 24.4 Å². The van der Waals surface area contributed by atoms with Gasteiger partial charge in [-0.3, -0.25) is 4.40 Å². The molecule has 0 spiro atoms. The van der Waals surface area contributed by atoms with Gasteiger partial charge in [-0.05, 0) is 55.7 Å². The third kappa shape index (κ3) is 3.89. The molecule has 0 unspecified atom stereocenters. The van der Waals surface area contributed by atoms with Crippen molar-refractivity contribution in [3.63, 3.8) is 0 Å². The molecule has 0 bridgehead atoms. The topological polar surface area (TPSA) is 45.0 Å². The van der Waals surface area contributed by atoms with Crippen molar-refractivity contribution in [3.8, 4) is 17.0 Å². The lowest BCUT2D eigenvalue weighted by atomic mass is 10.1. The molecular weight excluding hydrogens is 328 g/mol. The number of pyridine rings is 1. The van der Waals surface area contributed by atoms with Crippen molar-refractivity contribution in [1.82, 2.24) is 9.38 Å². The Morgan fingerprint density at radius 2 is 1.88 bits per heavy atom. The van der Waals surface area contributed by atoms with Gasteiger partial charge in [0.2, 0.25) is 0 Å². The fraction of sp³-hybridized carbons (Fsp3) is 0.381. The van der Waals surface area contributed by atoms with Gasteiger partial charge >= 0.3 is 0 Å². The van der Waals surface area contributed by atoms with Gasteiger partial charge in [-0.1, -0.05) is 6.07 Å². The first kappa shape index (κ1) is 17.1. The molecule has 1 aliphatic rings. The summed E-state index contributed by atoms with van der Waals surface area (Å²) in [5.74, 6) is 0.856. The Morgan fingerprint density at radius 1 is 1.08 bits per heavy atom. The minimum Gasteiger partial charge on any atom is -0.491 e. The number of nitrogens with zero attached hydrogens (tertiary/aromatic N) is 2. The summed E-state index contributed by atoms with van der Waals surface area (Å²) in [7, 11) is 0. The van der Waals surface area contributed by atoms with E-state index in [1.165, 1.54) is 5.56 Å². The number of fused-ring (bicyclic) bond motifs is 1. The Bertz CT molecular complexity index is 851. The number of imidazole rings is 1. The summed E-state index contributed by atoms with van der Waals surface area (Å²) in [6.07, 6.45) is 6.29. The first-order valence-electron chi connectivity index (χ1n) is 9.16. The van der Waals surface area contributed by atoms with Gasteiger partial charge in [0.25, 0.3) is 0 Å². The molecule has 1 aromatic carbocycles. The van der Waals surface area contributed by atoms with Crippen LogP contribution in [0.1, 0.15) is 18.4 Å². The van der Waals surface area contributed by atoms with Crippen molar-refractivity contribution in [1.29, 1.82) is 0 Å². The number of rotatable bonds is 6. The highest BCUT2D eigenvalue weighted by molar-refractivity contribution is 5.64. The van der Waals surface area contributed by atoms with E-state index in [9.17, 15) is 0 Å². The third-order valence-corrected chi connectivity index (χ3v) is 4.68. The summed E-state index contributed by atoms with van der Waals surface area (Å²) < 4.78 is 19.1. The minimum absolute atomic E-state index is 0.313. The lowest BCUT2D eigenvalue weighted by Gasteiger charge is -2.22. The summed E-state index contributed by atoms with van der Waals surface area (Å²) in [5.41, 5.74) is 4.37. The largest absolute Gasteiger partial charge is 0.491 e. The number of aryl methyl sites for hydroxylation is 1. The van der Waals surface area contributed by atoms with Gasteiger partial charge < -0.3 is 14.2 Å². The quantitative estimate of drug-likeness (QED) is 0.632. The summed E-state index contributed by atoms with van der Waals surface area (Å²) in [4.78, 5) is 4.47. The fourth-order valence-corrected chi connectivity index (χ4v) is 3.24. The summed E-state index contributed by atoms with van der Waals surface area (Å²) in [6.45, 7) is 4.86. The predicted molar refractivity (Wildman–Crippen MR) is 101 cm³/mol. The Kier molecular flexibility index (Phi) is 5.18. The van der Waals surface area contributed by atoms with Crippen molar-refractivity contribution in [2.24, 2.45) is 0 Å². The van der Waals surface area contributed by atoms with E-state index in [4.69, 9.17) is 14.2 Å². The molecule has 3 heterocycles. The summed E-state index contributed by atoms with van der Waals surface area (Å²) in [5, 5.41) is 0. The van der Waals surface area contributed by atoms with Gasteiger partial charge in [-0.25, -0.2) is 4.98 Å². The number of hydrogen-bond acceptors (Lipinski definition) is 4. The fourth-order valence-electron chi connectivity index (χ4n) is 3.24. The summed E-state index contributed by atoms with van der Waals surface area (Å²) in [6, 6.07) is 12.2. The molecule has 1 aliphatic heterocycles. The van der Waals surface area contributed by atoms with Gasteiger partial charge in [-0.2, -0.15) is 0 Å². The smallest absolute Gasteiger partial charge is 0.137 e. The molecule has 5 nitrogen and oxygen atoms in total. The number of ether oxygens (including phenoxy) is 3. The van der Waals surface area contributed by atoms with Crippen LogP contribution in [0.2, 0.25) is 0 Å². The minimum atomic E-state index is 0.313. The van der Waals surface area contributed by atoms with Crippen LogP contribution < -0.4 is 4.74 Å². The van der Waals surface area contributed by atoms with Crippen LogP contribution in [-0.2, 0) is 9.47 Å². The molecule has 0 saturated carbocycles. The maximum absolute atomic E-state index is 5.83. The molecule has 136 valence electrons. The van der Waals surface area contributed by atoms with Gasteiger partial charge in [0.1, 0.15) is 18.0 Å². The van der Waals surface area contributed by atoms with Crippen LogP contribution in [0.25, 0.3) is 16.9 Å². The van der Waals surface area contributed by atoms with Crippen LogP contribution in [-0.4, -0.2) is 41.9 Å². The van der Waals surface area contributed by atoms with Crippen LogP contribution in [0.5, 0.6) is 5.75 Å². The van der Waals surface area contributed by atoms with Gasteiger partial charge in [-0.15, -0.1) is 0 Å². The standard InChI is InChI=1S/C21H24N2O3/c1-16-2-7-21-22-14-20(23(21)15-16)17-3-5-18(6-4-17)25-12-13-26-19-8-10-24-11-9-19/h2-7,14-15,19H,8-13H2,1H3. The van der Waals surface area contributed by atoms with Crippen molar-refractivity contribution < 1.29 is 14.2 Å². The lowest BCUT2D eigenvalue weighted by molar-refractivity contribution is -0.0388. The molecule has 4 rings (SSSR count). The molecular formula is C21H24N2O3.